The summed E-state index contributed by atoms with van der Waals surface area (Å²) in [5.41, 5.74) is 0. The normalized spacial score (nSPS) is 18.9. The van der Waals surface area contributed by atoms with Crippen molar-refractivity contribution in [3.05, 3.63) is 0 Å². The average Bonchev–Trinajstić information content (AvgIpc) is 2.29. The highest BCUT2D eigenvalue weighted by Gasteiger charge is 2.17. The molecule has 92 valence electrons. The lowest BCUT2D eigenvalue weighted by Crippen LogP contribution is -2.50. The minimum absolute atomic E-state index is 0.0991. The summed E-state index contributed by atoms with van der Waals surface area (Å²) in [4.78, 5) is 24.9. The Labute approximate surface area is 95.8 Å². The molecule has 1 saturated heterocycles. The van der Waals surface area contributed by atoms with Gasteiger partial charge in [0, 0.05) is 33.2 Å². The second-order valence-electron chi connectivity index (χ2n) is 3.93. The fraction of sp³-hybridized carbons (Fsp3) is 0.800. The molecule has 1 aliphatic heterocycles. The molecule has 1 heterocycles. The highest BCUT2D eigenvalue weighted by molar-refractivity contribution is 5.87. The van der Waals surface area contributed by atoms with Gasteiger partial charge < -0.3 is 16.0 Å². The Morgan fingerprint density at radius 2 is 2.00 bits per heavy atom. The number of likely N-dealkylation sites (N-methyl/N-ethyl adjacent to an activating group) is 1. The molecule has 1 fully saturated rings. The van der Waals surface area contributed by atoms with Crippen molar-refractivity contribution in [3.63, 3.8) is 0 Å². The molecule has 1 rings (SSSR count). The van der Waals surface area contributed by atoms with E-state index in [-0.39, 0.29) is 11.8 Å². The lowest BCUT2D eigenvalue weighted by atomic mass is 10.3. The summed E-state index contributed by atoms with van der Waals surface area (Å²) in [6, 6.07) is -0.472. The van der Waals surface area contributed by atoms with Gasteiger partial charge in [-0.05, 0) is 6.92 Å². The molecule has 1 aliphatic rings. The summed E-state index contributed by atoms with van der Waals surface area (Å²) >= 11 is 0. The minimum atomic E-state index is -0.472. The molecule has 0 saturated carbocycles. The fourth-order valence-corrected chi connectivity index (χ4v) is 1.64. The molecule has 0 radical (unpaired) electrons. The lowest BCUT2D eigenvalue weighted by Gasteiger charge is -2.26. The first-order chi connectivity index (χ1) is 7.63. The number of nitrogens with one attached hydrogen (secondary N) is 3. The van der Waals surface area contributed by atoms with Gasteiger partial charge in [0.05, 0.1) is 6.54 Å². The van der Waals surface area contributed by atoms with Crippen molar-refractivity contribution in [2.24, 2.45) is 0 Å². The molecular weight excluding hydrogens is 208 g/mol. The molecule has 1 unspecified atom stereocenters. The van der Waals surface area contributed by atoms with Gasteiger partial charge >= 0.3 is 0 Å². The summed E-state index contributed by atoms with van der Waals surface area (Å²) in [5.74, 6) is -0.272. The van der Waals surface area contributed by atoms with E-state index >= 15 is 0 Å². The summed E-state index contributed by atoms with van der Waals surface area (Å²) in [6.45, 7) is 5.62. The van der Waals surface area contributed by atoms with E-state index in [4.69, 9.17) is 0 Å². The number of rotatable bonds is 4. The third-order valence-electron chi connectivity index (χ3n) is 2.59. The molecule has 0 aromatic carbocycles. The second kappa shape index (κ2) is 6.44. The van der Waals surface area contributed by atoms with Gasteiger partial charge in [-0.3, -0.25) is 14.5 Å². The smallest absolute Gasteiger partial charge is 0.242 e. The predicted molar refractivity (Wildman–Crippen MR) is 61.0 cm³/mol. The van der Waals surface area contributed by atoms with Gasteiger partial charge in [-0.1, -0.05) is 0 Å². The van der Waals surface area contributed by atoms with Crippen molar-refractivity contribution in [1.82, 2.24) is 20.9 Å². The Hall–Kier alpha value is -1.14. The van der Waals surface area contributed by atoms with Crippen LogP contribution in [0.4, 0.5) is 0 Å². The van der Waals surface area contributed by atoms with Gasteiger partial charge in [0.2, 0.25) is 11.8 Å². The Balaban J connectivity index is 2.26. The first-order valence-electron chi connectivity index (χ1n) is 5.57. The highest BCUT2D eigenvalue weighted by Crippen LogP contribution is 1.92. The summed E-state index contributed by atoms with van der Waals surface area (Å²) in [6.07, 6.45) is 0. The Bertz CT molecular complexity index is 251. The third-order valence-corrected chi connectivity index (χ3v) is 2.59. The molecule has 0 aromatic heterocycles. The van der Waals surface area contributed by atoms with Gasteiger partial charge in [-0.25, -0.2) is 0 Å². The predicted octanol–water partition coefficient (Wildman–Crippen LogP) is -1.86. The Kier molecular flexibility index (Phi) is 5.21. The zero-order chi connectivity index (χ0) is 12.0. The molecule has 0 spiro atoms. The first kappa shape index (κ1) is 12.9. The van der Waals surface area contributed by atoms with E-state index in [1.807, 2.05) is 0 Å². The van der Waals surface area contributed by atoms with Gasteiger partial charge in [-0.15, -0.1) is 0 Å². The molecular formula is C10H20N4O2. The molecule has 6 heteroatoms. The van der Waals surface area contributed by atoms with Crippen LogP contribution in [0.3, 0.4) is 0 Å². The van der Waals surface area contributed by atoms with E-state index in [2.05, 4.69) is 20.9 Å². The molecule has 6 nitrogen and oxygen atoms in total. The minimum Gasteiger partial charge on any atom is -0.357 e. The number of piperazine rings is 1. The maximum atomic E-state index is 11.6. The van der Waals surface area contributed by atoms with Gasteiger partial charge in [-0.2, -0.15) is 0 Å². The van der Waals surface area contributed by atoms with E-state index in [1.165, 1.54) is 0 Å². The van der Waals surface area contributed by atoms with Crippen molar-refractivity contribution in [2.75, 3.05) is 39.8 Å². The van der Waals surface area contributed by atoms with E-state index in [0.717, 1.165) is 26.2 Å². The number of carbonyl (C=O) groups excluding carboxylic acids is 2. The number of carbonyl (C=O) groups is 2. The zero-order valence-electron chi connectivity index (χ0n) is 9.88. The van der Waals surface area contributed by atoms with Crippen LogP contribution in [-0.2, 0) is 9.59 Å². The highest BCUT2D eigenvalue weighted by atomic mass is 16.2. The molecule has 16 heavy (non-hydrogen) atoms. The van der Waals surface area contributed by atoms with Crippen molar-refractivity contribution in [3.8, 4) is 0 Å². The van der Waals surface area contributed by atoms with Crippen molar-refractivity contribution in [2.45, 2.75) is 13.0 Å². The van der Waals surface area contributed by atoms with Crippen molar-refractivity contribution >= 4 is 11.8 Å². The number of hydrogen-bond donors (Lipinski definition) is 3. The van der Waals surface area contributed by atoms with E-state index < -0.39 is 6.04 Å². The monoisotopic (exact) mass is 228 g/mol. The quantitative estimate of drug-likeness (QED) is 0.528. The number of amides is 2. The summed E-state index contributed by atoms with van der Waals surface area (Å²) in [5, 5.41) is 8.38. The van der Waals surface area contributed by atoms with Crippen molar-refractivity contribution in [1.29, 1.82) is 0 Å². The molecule has 3 N–H and O–H groups in total. The van der Waals surface area contributed by atoms with Crippen LogP contribution in [0.15, 0.2) is 0 Å². The maximum Gasteiger partial charge on any atom is 0.242 e. The molecule has 0 bridgehead atoms. The third kappa shape index (κ3) is 4.16. The molecule has 0 aliphatic carbocycles. The van der Waals surface area contributed by atoms with Crippen LogP contribution in [-0.4, -0.2) is 62.5 Å². The van der Waals surface area contributed by atoms with Crippen LogP contribution in [0.1, 0.15) is 6.92 Å². The lowest BCUT2D eigenvalue weighted by molar-refractivity contribution is -0.129. The zero-order valence-corrected chi connectivity index (χ0v) is 9.88. The SMILES string of the molecule is CNC(=O)C(C)NC(=O)CN1CCNCC1. The maximum absolute atomic E-state index is 11.6. The van der Waals surface area contributed by atoms with Crippen LogP contribution in [0, 0.1) is 0 Å². The van der Waals surface area contributed by atoms with Gasteiger partial charge in [0.25, 0.3) is 0 Å². The largest absolute Gasteiger partial charge is 0.357 e. The van der Waals surface area contributed by atoms with Crippen LogP contribution >= 0.6 is 0 Å². The summed E-state index contributed by atoms with van der Waals surface area (Å²) in [7, 11) is 1.56. The van der Waals surface area contributed by atoms with Crippen LogP contribution in [0.25, 0.3) is 0 Å². The van der Waals surface area contributed by atoms with Gasteiger partial charge in [0.15, 0.2) is 0 Å². The Morgan fingerprint density at radius 1 is 1.38 bits per heavy atom. The Morgan fingerprint density at radius 3 is 2.56 bits per heavy atom. The average molecular weight is 228 g/mol. The number of nitrogens with zero attached hydrogens (tertiary/aromatic N) is 1. The second-order valence-corrected chi connectivity index (χ2v) is 3.93. The standard InChI is InChI=1S/C10H20N4O2/c1-8(10(16)11-2)13-9(15)7-14-5-3-12-4-6-14/h8,12H,3-7H2,1-2H3,(H,11,16)(H,13,15). The van der Waals surface area contributed by atoms with E-state index in [0.29, 0.717) is 6.54 Å². The number of hydrogen-bond acceptors (Lipinski definition) is 4. The molecule has 1 atom stereocenters. The van der Waals surface area contributed by atoms with Crippen molar-refractivity contribution < 1.29 is 9.59 Å². The summed E-state index contributed by atoms with van der Waals surface area (Å²) < 4.78 is 0. The molecule has 2 amide bonds. The van der Waals surface area contributed by atoms with Crippen LogP contribution < -0.4 is 16.0 Å². The van der Waals surface area contributed by atoms with E-state index in [1.54, 1.807) is 14.0 Å². The topological polar surface area (TPSA) is 73.5 Å². The van der Waals surface area contributed by atoms with Crippen LogP contribution in [0.2, 0.25) is 0 Å². The molecule has 0 aromatic rings. The van der Waals surface area contributed by atoms with Gasteiger partial charge in [0.1, 0.15) is 6.04 Å². The first-order valence-corrected chi connectivity index (χ1v) is 5.57. The fourth-order valence-electron chi connectivity index (χ4n) is 1.64. The van der Waals surface area contributed by atoms with E-state index in [9.17, 15) is 9.59 Å². The van der Waals surface area contributed by atoms with Crippen LogP contribution in [0.5, 0.6) is 0 Å².